The van der Waals surface area contributed by atoms with Crippen molar-refractivity contribution in [2.45, 2.75) is 55.4 Å². The molecule has 1 fully saturated rings. The van der Waals surface area contributed by atoms with E-state index in [0.717, 1.165) is 36.5 Å². The summed E-state index contributed by atoms with van der Waals surface area (Å²) in [4.78, 5) is 49.4. The molecule has 3 aliphatic rings. The van der Waals surface area contributed by atoms with Gasteiger partial charge in [-0.3, -0.25) is 14.5 Å². The van der Waals surface area contributed by atoms with E-state index in [4.69, 9.17) is 9.57 Å². The quantitative estimate of drug-likeness (QED) is 0.221. The summed E-state index contributed by atoms with van der Waals surface area (Å²) >= 11 is 1.27. The molecule has 53 heavy (non-hydrogen) atoms. The molecule has 3 aromatic rings. The van der Waals surface area contributed by atoms with Crippen LogP contribution in [0.15, 0.2) is 90.1 Å². The molecule has 1 aliphatic carbocycles. The lowest BCUT2D eigenvalue weighted by Crippen LogP contribution is -2.59. The Hall–Kier alpha value is -4.90. The van der Waals surface area contributed by atoms with Gasteiger partial charge in [0.2, 0.25) is 5.91 Å². The minimum Gasteiger partial charge on any atom is -0.489 e. The van der Waals surface area contributed by atoms with Crippen molar-refractivity contribution >= 4 is 40.9 Å². The van der Waals surface area contributed by atoms with Gasteiger partial charge in [-0.2, -0.15) is 31.4 Å². The highest BCUT2D eigenvalue weighted by molar-refractivity contribution is 8.00. The largest absolute Gasteiger partial charge is 0.493 e. The first-order valence-corrected chi connectivity index (χ1v) is 17.4. The summed E-state index contributed by atoms with van der Waals surface area (Å²) < 4.78 is 84.7. The van der Waals surface area contributed by atoms with E-state index in [1.165, 1.54) is 33.7 Å². The van der Waals surface area contributed by atoms with Gasteiger partial charge in [-0.15, -0.1) is 11.8 Å². The summed E-state index contributed by atoms with van der Waals surface area (Å²) in [7, 11) is 1.69. The highest BCUT2D eigenvalue weighted by Crippen LogP contribution is 2.44. The number of carbonyl (C=O) groups is 3. The lowest BCUT2D eigenvalue weighted by atomic mass is 10.00. The van der Waals surface area contributed by atoms with Crippen LogP contribution in [0, 0.1) is 0 Å². The van der Waals surface area contributed by atoms with Crippen molar-refractivity contribution in [3.05, 3.63) is 101 Å². The zero-order valence-electron chi connectivity index (χ0n) is 28.3. The maximum absolute atomic E-state index is 14.2. The maximum Gasteiger partial charge on any atom is 0.493 e. The molecule has 1 saturated carbocycles. The number of hydrogen-bond acceptors (Lipinski definition) is 8. The van der Waals surface area contributed by atoms with Crippen LogP contribution in [0.3, 0.4) is 0 Å². The van der Waals surface area contributed by atoms with Crippen molar-refractivity contribution in [2.24, 2.45) is 0 Å². The standard InChI is InChI=1S/C36H34F6N4O5S.H2O/c1-43(25-14-16-27(17-15-25)50-22-23-10-12-24(13-11-23)35(37,38)39)21-31(47)44-19-18-30-29(20-44)32(48)45(26-6-3-2-4-7-26)34(52-28-8-5-9-28)46(30)51-33(49)36(40,41)42;/h2-4,6-7,10-17,28,34H,5,8-9,18-22H2,1H3;1H2. The van der Waals surface area contributed by atoms with Crippen LogP contribution in [0.4, 0.5) is 37.7 Å². The number of thioether (sulfide) groups is 1. The van der Waals surface area contributed by atoms with Crippen LogP contribution in [0.1, 0.15) is 36.8 Å². The van der Waals surface area contributed by atoms with Crippen molar-refractivity contribution < 1.29 is 55.8 Å². The number of amides is 2. The van der Waals surface area contributed by atoms with Crippen LogP contribution >= 0.6 is 11.8 Å². The van der Waals surface area contributed by atoms with Gasteiger partial charge in [0.1, 0.15) is 12.4 Å². The topological polar surface area (TPSA) is 114 Å². The summed E-state index contributed by atoms with van der Waals surface area (Å²) in [5, 5.41) is 0.965. The summed E-state index contributed by atoms with van der Waals surface area (Å²) in [5.41, 5.74) is -0.0365. The minimum atomic E-state index is -5.27. The third-order valence-electron chi connectivity index (χ3n) is 8.98. The van der Waals surface area contributed by atoms with E-state index in [-0.39, 0.29) is 60.6 Å². The summed E-state index contributed by atoms with van der Waals surface area (Å²) in [6.45, 7) is -0.187. The lowest BCUT2D eigenvalue weighted by molar-refractivity contribution is -0.235. The molecule has 17 heteroatoms. The number of para-hydroxylation sites is 1. The van der Waals surface area contributed by atoms with Gasteiger partial charge < -0.3 is 24.9 Å². The molecular formula is C36H36F6N4O6S. The van der Waals surface area contributed by atoms with E-state index in [2.05, 4.69) is 0 Å². The van der Waals surface area contributed by atoms with Crippen molar-refractivity contribution in [3.63, 3.8) is 0 Å². The van der Waals surface area contributed by atoms with Crippen LogP contribution in [-0.2, 0) is 32.0 Å². The molecule has 2 heterocycles. The van der Waals surface area contributed by atoms with Gasteiger partial charge in [-0.05, 0) is 66.9 Å². The van der Waals surface area contributed by atoms with Crippen LogP contribution in [-0.4, -0.2) is 76.8 Å². The predicted molar refractivity (Wildman–Crippen MR) is 184 cm³/mol. The van der Waals surface area contributed by atoms with Crippen molar-refractivity contribution in [1.82, 2.24) is 9.96 Å². The fourth-order valence-electron chi connectivity index (χ4n) is 5.90. The number of anilines is 2. The Bertz CT molecular complexity index is 1800. The van der Waals surface area contributed by atoms with E-state index >= 15 is 0 Å². The van der Waals surface area contributed by atoms with Gasteiger partial charge in [0.15, 0.2) is 5.50 Å². The Morgan fingerprint density at radius 1 is 0.925 bits per heavy atom. The fourth-order valence-corrected chi connectivity index (χ4v) is 7.47. The van der Waals surface area contributed by atoms with Crippen LogP contribution in [0.2, 0.25) is 0 Å². The first kappa shape index (κ1) is 39.3. The first-order chi connectivity index (χ1) is 24.7. The molecule has 1 unspecified atom stereocenters. The number of ether oxygens (including phenoxy) is 1. The van der Waals surface area contributed by atoms with Crippen LogP contribution in [0.5, 0.6) is 5.75 Å². The zero-order chi connectivity index (χ0) is 37.2. The second kappa shape index (κ2) is 16.0. The second-order valence-electron chi connectivity index (χ2n) is 12.6. The Kier molecular flexibility index (Phi) is 11.9. The fraction of sp³-hybridized carbons (Fsp3) is 0.361. The number of hydroxylamine groups is 2. The lowest BCUT2D eigenvalue weighted by Gasteiger charge is -2.48. The second-order valence-corrected chi connectivity index (χ2v) is 13.9. The summed E-state index contributed by atoms with van der Waals surface area (Å²) in [6.07, 6.45) is -7.17. The third kappa shape index (κ3) is 9.01. The van der Waals surface area contributed by atoms with E-state index in [0.29, 0.717) is 22.7 Å². The molecule has 6 rings (SSSR count). The molecule has 0 aromatic heterocycles. The molecule has 284 valence electrons. The number of rotatable bonds is 10. The predicted octanol–water partition coefficient (Wildman–Crippen LogP) is 6.32. The zero-order valence-corrected chi connectivity index (χ0v) is 29.1. The van der Waals surface area contributed by atoms with E-state index in [9.17, 15) is 40.7 Å². The molecular weight excluding hydrogens is 730 g/mol. The number of carbonyl (C=O) groups excluding carboxylic acids is 3. The van der Waals surface area contributed by atoms with Crippen molar-refractivity contribution in [1.29, 1.82) is 0 Å². The molecule has 3 aromatic carbocycles. The molecule has 0 spiro atoms. The minimum absolute atomic E-state index is 0. The molecule has 1 atom stereocenters. The molecule has 10 nitrogen and oxygen atoms in total. The summed E-state index contributed by atoms with van der Waals surface area (Å²) in [6, 6.07) is 19.8. The molecule has 2 aliphatic heterocycles. The van der Waals surface area contributed by atoms with E-state index in [1.54, 1.807) is 66.5 Å². The Labute approximate surface area is 305 Å². The van der Waals surface area contributed by atoms with Gasteiger partial charge >= 0.3 is 18.3 Å². The Morgan fingerprint density at radius 3 is 2.17 bits per heavy atom. The normalized spacial score (nSPS) is 17.8. The highest BCUT2D eigenvalue weighted by atomic mass is 32.2. The van der Waals surface area contributed by atoms with Crippen molar-refractivity contribution in [3.8, 4) is 5.75 Å². The highest BCUT2D eigenvalue weighted by Gasteiger charge is 2.50. The molecule has 0 saturated heterocycles. The third-order valence-corrected chi connectivity index (χ3v) is 10.5. The maximum atomic E-state index is 14.2. The monoisotopic (exact) mass is 766 g/mol. The van der Waals surface area contributed by atoms with Crippen LogP contribution in [0.25, 0.3) is 0 Å². The number of likely N-dealkylation sites (N-methyl/N-ethyl adjacent to an activating group) is 1. The molecule has 0 radical (unpaired) electrons. The summed E-state index contributed by atoms with van der Waals surface area (Å²) in [5.74, 6) is -2.78. The Morgan fingerprint density at radius 2 is 1.58 bits per heavy atom. The number of hydrogen-bond donors (Lipinski definition) is 0. The number of nitrogens with zero attached hydrogens (tertiary/aromatic N) is 4. The molecule has 2 amide bonds. The van der Waals surface area contributed by atoms with E-state index < -0.39 is 35.3 Å². The van der Waals surface area contributed by atoms with Gasteiger partial charge in [0.25, 0.3) is 5.91 Å². The average molecular weight is 767 g/mol. The van der Waals surface area contributed by atoms with Gasteiger partial charge in [-0.1, -0.05) is 36.8 Å². The number of halogens is 6. The molecule has 2 N–H and O–H groups in total. The van der Waals surface area contributed by atoms with Crippen LogP contribution < -0.4 is 14.5 Å². The number of alkyl halides is 6. The van der Waals surface area contributed by atoms with E-state index in [1.807, 2.05) is 0 Å². The van der Waals surface area contributed by atoms with Gasteiger partial charge in [0.05, 0.1) is 29.9 Å². The SMILES string of the molecule is CN(CC(=O)N1CCC2=C(C1)C(=O)N(c1ccccc1)C(SC1CCC1)N2OC(=O)C(F)(F)F)c1ccc(OCc2ccc(C(F)(F)F)cc2)cc1.O. The Balaban J connectivity index is 0.00000541. The molecule has 0 bridgehead atoms. The number of benzene rings is 3. The first-order valence-electron chi connectivity index (χ1n) is 16.4. The van der Waals surface area contributed by atoms with Gasteiger partial charge in [-0.25, -0.2) is 4.79 Å². The smallest absolute Gasteiger partial charge is 0.489 e. The van der Waals surface area contributed by atoms with Crippen molar-refractivity contribution in [2.75, 3.05) is 36.5 Å². The average Bonchev–Trinajstić information content (AvgIpc) is 3.10. The van der Waals surface area contributed by atoms with Gasteiger partial charge in [0, 0.05) is 36.6 Å².